The molecule has 0 saturated carbocycles. The van der Waals surface area contributed by atoms with Crippen LogP contribution in [0.1, 0.15) is 25.7 Å². The van der Waals surface area contributed by atoms with E-state index < -0.39 is 27.8 Å². The van der Waals surface area contributed by atoms with Crippen LogP contribution in [-0.2, 0) is 24.4 Å². The number of sulfonamides is 1. The number of benzene rings is 1. The van der Waals surface area contributed by atoms with Crippen LogP contribution in [0.2, 0.25) is 0 Å². The molecule has 2 saturated heterocycles. The molecule has 2 aliphatic rings. The monoisotopic (exact) mass is 473 g/mol. The number of rotatable bonds is 4. The van der Waals surface area contributed by atoms with Crippen molar-refractivity contribution in [3.63, 3.8) is 0 Å². The maximum Gasteiger partial charge on any atom is 0.414 e. The van der Waals surface area contributed by atoms with Crippen molar-refractivity contribution < 1.29 is 37.4 Å². The van der Waals surface area contributed by atoms with Gasteiger partial charge in [-0.05, 0) is 50.2 Å². The van der Waals surface area contributed by atoms with E-state index in [2.05, 4.69) is 4.90 Å². The molecule has 0 radical (unpaired) electrons. The summed E-state index contributed by atoms with van der Waals surface area (Å²) in [6.07, 6.45) is 4.73. The minimum atomic E-state index is -3.64. The summed E-state index contributed by atoms with van der Waals surface area (Å²) in [5, 5.41) is 14.8. The smallest absolute Gasteiger partial charge is 0.414 e. The lowest BCUT2D eigenvalue weighted by Crippen LogP contribution is -2.52. The summed E-state index contributed by atoms with van der Waals surface area (Å²) >= 11 is 0. The first kappa shape index (κ1) is 25.7. The Morgan fingerprint density at radius 2 is 1.31 bits per heavy atom. The Bertz CT molecular complexity index is 880. The van der Waals surface area contributed by atoms with Gasteiger partial charge in [0.2, 0.25) is 15.9 Å². The number of hydrogen-bond acceptors (Lipinski definition) is 6. The minimum absolute atomic E-state index is 0.0748. The summed E-state index contributed by atoms with van der Waals surface area (Å²) < 4.78 is 39.6. The van der Waals surface area contributed by atoms with Crippen LogP contribution in [0, 0.1) is 5.82 Å². The Labute approximate surface area is 186 Å². The minimum Gasteiger partial charge on any atom is -0.473 e. The van der Waals surface area contributed by atoms with Gasteiger partial charge in [0.1, 0.15) is 5.82 Å². The highest BCUT2D eigenvalue weighted by Gasteiger charge is 2.30. The van der Waals surface area contributed by atoms with Crippen molar-refractivity contribution in [2.24, 2.45) is 0 Å². The molecular formula is C20H28FN3O7S. The van der Waals surface area contributed by atoms with Gasteiger partial charge in [0.05, 0.1) is 11.4 Å². The molecule has 2 N–H and O–H groups in total. The summed E-state index contributed by atoms with van der Waals surface area (Å²) in [5.74, 6) is -4.04. The second-order valence-corrected chi connectivity index (χ2v) is 9.48. The van der Waals surface area contributed by atoms with Crippen molar-refractivity contribution in [3.05, 3.63) is 30.1 Å². The van der Waals surface area contributed by atoms with E-state index >= 15 is 0 Å². The van der Waals surface area contributed by atoms with Gasteiger partial charge in [-0.25, -0.2) is 22.4 Å². The van der Waals surface area contributed by atoms with Crippen LogP contribution < -0.4 is 0 Å². The first-order chi connectivity index (χ1) is 15.1. The van der Waals surface area contributed by atoms with Gasteiger partial charge in [0, 0.05) is 26.2 Å². The summed E-state index contributed by atoms with van der Waals surface area (Å²) in [5.41, 5.74) is 0. The fourth-order valence-electron chi connectivity index (χ4n) is 3.52. The summed E-state index contributed by atoms with van der Waals surface area (Å²) in [7, 11) is -3.64. The number of likely N-dealkylation sites (tertiary alicyclic amines) is 1. The van der Waals surface area contributed by atoms with Crippen LogP contribution >= 0.6 is 0 Å². The summed E-state index contributed by atoms with van der Waals surface area (Å²) in [6, 6.07) is 4.85. The van der Waals surface area contributed by atoms with Crippen molar-refractivity contribution in [2.45, 2.75) is 30.6 Å². The van der Waals surface area contributed by atoms with E-state index in [1.807, 2.05) is 0 Å². The molecule has 3 rings (SSSR count). The third kappa shape index (κ3) is 7.53. The number of carboxylic acid groups (broad SMARTS) is 2. The largest absolute Gasteiger partial charge is 0.473 e. The van der Waals surface area contributed by atoms with Gasteiger partial charge >= 0.3 is 11.9 Å². The highest BCUT2D eigenvalue weighted by atomic mass is 32.2. The van der Waals surface area contributed by atoms with Crippen molar-refractivity contribution in [1.82, 2.24) is 14.1 Å². The Morgan fingerprint density at radius 1 is 0.812 bits per heavy atom. The number of hydrogen-bond donors (Lipinski definition) is 2. The zero-order chi connectivity index (χ0) is 23.7. The second-order valence-electron chi connectivity index (χ2n) is 7.54. The fourth-order valence-corrected chi connectivity index (χ4v) is 4.94. The Hall–Kier alpha value is -2.57. The van der Waals surface area contributed by atoms with Gasteiger partial charge in [0.25, 0.3) is 0 Å². The normalized spacial score (nSPS) is 18.2. The standard InChI is InChI=1S/C18H26FN3O3S.C2H2O4/c19-16-5-7-17(8-6-16)26(24,25)22-13-11-21(12-14-22)18(23)15-20-9-3-1-2-4-10-20;3-1(4)2(5)6/h5-8H,1-4,9-15H2;(H,3,4)(H,5,6). The van der Waals surface area contributed by atoms with Gasteiger partial charge in [-0.15, -0.1) is 0 Å². The van der Waals surface area contributed by atoms with E-state index in [9.17, 15) is 17.6 Å². The van der Waals surface area contributed by atoms with Gasteiger partial charge in [0.15, 0.2) is 0 Å². The lowest BCUT2D eigenvalue weighted by atomic mass is 10.2. The number of carbonyl (C=O) groups excluding carboxylic acids is 1. The van der Waals surface area contributed by atoms with E-state index in [0.29, 0.717) is 19.6 Å². The molecule has 1 aromatic rings. The number of halogens is 1. The third-order valence-corrected chi connectivity index (χ3v) is 7.20. The quantitative estimate of drug-likeness (QED) is 0.610. The highest BCUT2D eigenvalue weighted by Crippen LogP contribution is 2.18. The number of piperazine rings is 1. The maximum absolute atomic E-state index is 13.0. The van der Waals surface area contributed by atoms with Crippen LogP contribution in [-0.4, -0.2) is 96.4 Å². The predicted octanol–water partition coefficient (Wildman–Crippen LogP) is 0.690. The molecule has 1 aromatic carbocycles. The third-order valence-electron chi connectivity index (χ3n) is 5.28. The molecule has 178 valence electrons. The molecule has 0 atom stereocenters. The van der Waals surface area contributed by atoms with E-state index in [0.717, 1.165) is 38.1 Å². The van der Waals surface area contributed by atoms with Crippen LogP contribution in [0.4, 0.5) is 4.39 Å². The molecule has 2 fully saturated rings. The number of carbonyl (C=O) groups is 3. The van der Waals surface area contributed by atoms with E-state index in [4.69, 9.17) is 19.8 Å². The molecule has 0 bridgehead atoms. The zero-order valence-corrected chi connectivity index (χ0v) is 18.5. The Balaban J connectivity index is 0.000000534. The molecule has 0 aliphatic carbocycles. The number of nitrogens with zero attached hydrogens (tertiary/aromatic N) is 3. The van der Waals surface area contributed by atoms with Crippen LogP contribution in [0.5, 0.6) is 0 Å². The molecule has 12 heteroatoms. The fraction of sp³-hybridized carbons (Fsp3) is 0.550. The molecule has 1 amide bonds. The SMILES string of the molecule is O=C(CN1CCCCCC1)N1CCN(S(=O)(=O)c2ccc(F)cc2)CC1.O=C(O)C(=O)O. The predicted molar refractivity (Wildman–Crippen MR) is 112 cm³/mol. The lowest BCUT2D eigenvalue weighted by Gasteiger charge is -2.35. The number of aliphatic carboxylic acids is 2. The molecule has 2 heterocycles. The first-order valence-electron chi connectivity index (χ1n) is 10.3. The van der Waals surface area contributed by atoms with Gasteiger partial charge in [-0.2, -0.15) is 4.31 Å². The van der Waals surface area contributed by atoms with Gasteiger partial charge in [-0.1, -0.05) is 12.8 Å². The lowest BCUT2D eigenvalue weighted by molar-refractivity contribution is -0.159. The van der Waals surface area contributed by atoms with Crippen molar-refractivity contribution in [2.75, 3.05) is 45.8 Å². The molecular weight excluding hydrogens is 445 g/mol. The van der Waals surface area contributed by atoms with Crippen molar-refractivity contribution >= 4 is 27.9 Å². The molecule has 2 aliphatic heterocycles. The highest BCUT2D eigenvalue weighted by molar-refractivity contribution is 7.89. The van der Waals surface area contributed by atoms with E-state index in [1.54, 1.807) is 4.90 Å². The Morgan fingerprint density at radius 3 is 1.78 bits per heavy atom. The second kappa shape index (κ2) is 11.9. The molecule has 0 aromatic heterocycles. The van der Waals surface area contributed by atoms with Gasteiger partial charge in [-0.3, -0.25) is 9.69 Å². The average Bonchev–Trinajstić information content (AvgIpc) is 3.03. The number of amides is 1. The Kier molecular flexibility index (Phi) is 9.54. The van der Waals surface area contributed by atoms with Crippen LogP contribution in [0.3, 0.4) is 0 Å². The molecule has 0 unspecified atom stereocenters. The molecule has 0 spiro atoms. The van der Waals surface area contributed by atoms with Crippen molar-refractivity contribution in [1.29, 1.82) is 0 Å². The van der Waals surface area contributed by atoms with E-state index in [1.165, 1.54) is 29.3 Å². The first-order valence-corrected chi connectivity index (χ1v) is 11.8. The zero-order valence-electron chi connectivity index (χ0n) is 17.7. The van der Waals surface area contributed by atoms with Crippen LogP contribution in [0.15, 0.2) is 29.2 Å². The topological polar surface area (TPSA) is 136 Å². The summed E-state index contributed by atoms with van der Waals surface area (Å²) in [6.45, 7) is 3.68. The maximum atomic E-state index is 13.0. The average molecular weight is 474 g/mol. The molecule has 32 heavy (non-hydrogen) atoms. The van der Waals surface area contributed by atoms with Crippen molar-refractivity contribution in [3.8, 4) is 0 Å². The number of carboxylic acids is 2. The molecule has 10 nitrogen and oxygen atoms in total. The van der Waals surface area contributed by atoms with Gasteiger partial charge < -0.3 is 15.1 Å². The summed E-state index contributed by atoms with van der Waals surface area (Å²) in [4.78, 5) is 34.8. The van der Waals surface area contributed by atoms with E-state index in [-0.39, 0.29) is 23.9 Å². The van der Waals surface area contributed by atoms with Crippen LogP contribution in [0.25, 0.3) is 0 Å².